The van der Waals surface area contributed by atoms with E-state index in [-0.39, 0.29) is 12.2 Å². The number of hydrogen-bond donors (Lipinski definition) is 0. The van der Waals surface area contributed by atoms with E-state index in [4.69, 9.17) is 49.3 Å². The largest absolute Gasteiger partial charge is 0.496 e. The Bertz CT molecular complexity index is 2250. The summed E-state index contributed by atoms with van der Waals surface area (Å²) in [5.74, 6) is -0.0333. The number of halogens is 3. The van der Waals surface area contributed by atoms with Crippen LogP contribution in [-0.4, -0.2) is 28.8 Å². The highest BCUT2D eigenvalue weighted by Gasteiger charge is 2.36. The van der Waals surface area contributed by atoms with Gasteiger partial charge in [-0.2, -0.15) is 0 Å². The molecule has 0 aliphatic carbocycles. The molecule has 0 spiro atoms. The first-order valence-electron chi connectivity index (χ1n) is 15.2. The minimum absolute atomic E-state index is 0.177. The van der Waals surface area contributed by atoms with E-state index in [2.05, 4.69) is 10.6 Å². The maximum Gasteiger partial charge on any atom is 0.338 e. The first kappa shape index (κ1) is 33.1. The third-order valence-corrected chi connectivity index (χ3v) is 10.1. The monoisotopic (exact) mass is 707 g/mol. The molecular formula is C36H32Cl3N3O4S. The Morgan fingerprint density at radius 3 is 2.51 bits per heavy atom. The number of rotatable bonds is 9. The van der Waals surface area contributed by atoms with Gasteiger partial charge in [-0.3, -0.25) is 9.36 Å². The van der Waals surface area contributed by atoms with E-state index in [9.17, 15) is 9.59 Å². The predicted molar refractivity (Wildman–Crippen MR) is 190 cm³/mol. The van der Waals surface area contributed by atoms with Crippen LogP contribution < -0.4 is 19.6 Å². The summed E-state index contributed by atoms with van der Waals surface area (Å²) in [6.07, 6.45) is 3.19. The molecule has 3 aromatic carbocycles. The van der Waals surface area contributed by atoms with Crippen LogP contribution in [0.1, 0.15) is 55.1 Å². The maximum absolute atomic E-state index is 14.5. The van der Waals surface area contributed by atoms with Gasteiger partial charge in [0.15, 0.2) is 4.80 Å². The second-order valence-electron chi connectivity index (χ2n) is 11.1. The summed E-state index contributed by atoms with van der Waals surface area (Å²) < 4.78 is 15.5. The maximum atomic E-state index is 14.5. The molecule has 0 bridgehead atoms. The van der Waals surface area contributed by atoms with Crippen LogP contribution in [0.25, 0.3) is 17.0 Å². The molecular weight excluding hydrogens is 677 g/mol. The second-order valence-corrected chi connectivity index (χ2v) is 13.4. The average molecular weight is 709 g/mol. The van der Waals surface area contributed by atoms with Gasteiger partial charge >= 0.3 is 5.97 Å². The van der Waals surface area contributed by atoms with Crippen molar-refractivity contribution >= 4 is 69.1 Å². The minimum atomic E-state index is -0.850. The summed E-state index contributed by atoms with van der Waals surface area (Å²) in [4.78, 5) is 33.5. The number of carbonyl (C=O) groups is 1. The topological polar surface area (TPSA) is 74.8 Å². The Balaban J connectivity index is 1.60. The molecule has 2 aromatic heterocycles. The SMILES string of the molecule is CCCC1=C(C(=O)OCC)[C@@H](c2cc(Cl)ccc2OC)n2c(s/c(=C/c3c(C)n(Cc4ccc(Cl)cc4Cl)c4ccccc34)c2=O)=N1. The number of carbonyl (C=O) groups excluding carboxylic acids is 1. The van der Waals surface area contributed by atoms with Crippen LogP contribution in [0.3, 0.4) is 0 Å². The van der Waals surface area contributed by atoms with Crippen molar-refractivity contribution in [2.24, 2.45) is 4.99 Å². The lowest BCUT2D eigenvalue weighted by Gasteiger charge is -2.27. The fourth-order valence-electron chi connectivity index (χ4n) is 6.13. The zero-order valence-electron chi connectivity index (χ0n) is 26.3. The molecule has 1 aliphatic heterocycles. The summed E-state index contributed by atoms with van der Waals surface area (Å²) in [5.41, 5.74) is 4.99. The number of para-hydroxylation sites is 1. The molecule has 0 unspecified atom stereocenters. The summed E-state index contributed by atoms with van der Waals surface area (Å²) in [6.45, 7) is 6.50. The Morgan fingerprint density at radius 1 is 1.04 bits per heavy atom. The van der Waals surface area contributed by atoms with E-state index in [1.165, 1.54) is 11.3 Å². The van der Waals surface area contributed by atoms with Crippen LogP contribution in [0.15, 0.2) is 81.7 Å². The van der Waals surface area contributed by atoms with Gasteiger partial charge in [0.05, 0.1) is 29.5 Å². The van der Waals surface area contributed by atoms with Crippen molar-refractivity contribution in [3.05, 3.63) is 129 Å². The Labute approximate surface area is 290 Å². The zero-order valence-corrected chi connectivity index (χ0v) is 29.4. The molecule has 0 saturated carbocycles. The molecule has 3 heterocycles. The smallest absolute Gasteiger partial charge is 0.338 e. The Kier molecular flexibility index (Phi) is 9.67. The number of nitrogens with zero attached hydrogens (tertiary/aromatic N) is 3. The number of methoxy groups -OCH3 is 1. The summed E-state index contributed by atoms with van der Waals surface area (Å²) in [5, 5.41) is 2.60. The zero-order chi connectivity index (χ0) is 33.4. The summed E-state index contributed by atoms with van der Waals surface area (Å²) in [7, 11) is 1.55. The lowest BCUT2D eigenvalue weighted by atomic mass is 9.93. The normalized spacial score (nSPS) is 14.8. The molecule has 1 aliphatic rings. The van der Waals surface area contributed by atoms with Crippen molar-refractivity contribution in [3.8, 4) is 5.75 Å². The molecule has 47 heavy (non-hydrogen) atoms. The van der Waals surface area contributed by atoms with Crippen LogP contribution in [-0.2, 0) is 16.1 Å². The van der Waals surface area contributed by atoms with Gasteiger partial charge < -0.3 is 14.0 Å². The molecule has 1 atom stereocenters. The van der Waals surface area contributed by atoms with Gasteiger partial charge in [0.1, 0.15) is 11.8 Å². The van der Waals surface area contributed by atoms with Crippen LogP contribution in [0.5, 0.6) is 5.75 Å². The molecule has 0 amide bonds. The Hall–Kier alpha value is -3.82. The molecule has 6 rings (SSSR count). The fourth-order valence-corrected chi connectivity index (χ4v) is 7.78. The standard InChI is InChI=1S/C36H32Cl3N3O4S/c1-5-9-28-32(35(44)46-6-2)33(26-16-22(37)14-15-30(26)45-4)42-34(43)31(47-36(42)40-28)18-25-20(3)41(29-11-8-7-10-24(25)29)19-21-12-13-23(38)17-27(21)39/h7-8,10-18,33H,5-6,9,19H2,1-4H3/b31-18+/t33-/m1/s1. The van der Waals surface area contributed by atoms with Gasteiger partial charge in [0.25, 0.3) is 5.56 Å². The van der Waals surface area contributed by atoms with Crippen LogP contribution in [0.2, 0.25) is 15.1 Å². The Morgan fingerprint density at radius 2 is 1.79 bits per heavy atom. The van der Waals surface area contributed by atoms with E-state index in [1.807, 2.05) is 50.3 Å². The van der Waals surface area contributed by atoms with Crippen molar-refractivity contribution in [1.29, 1.82) is 0 Å². The highest BCUT2D eigenvalue weighted by atomic mass is 35.5. The number of allylic oxidation sites excluding steroid dienone is 1. The van der Waals surface area contributed by atoms with E-state index in [0.29, 0.717) is 60.0 Å². The van der Waals surface area contributed by atoms with Crippen LogP contribution >= 0.6 is 46.1 Å². The number of benzene rings is 3. The van der Waals surface area contributed by atoms with E-state index < -0.39 is 12.0 Å². The van der Waals surface area contributed by atoms with Gasteiger partial charge in [0.2, 0.25) is 0 Å². The molecule has 7 nitrogen and oxygen atoms in total. The van der Waals surface area contributed by atoms with Crippen LogP contribution in [0.4, 0.5) is 0 Å². The first-order valence-corrected chi connectivity index (χ1v) is 17.2. The number of thiazole rings is 1. The van der Waals surface area contributed by atoms with Crippen molar-refractivity contribution in [1.82, 2.24) is 9.13 Å². The fraction of sp³-hybridized carbons (Fsp3) is 0.250. The predicted octanol–water partition coefficient (Wildman–Crippen LogP) is 7.86. The first-order chi connectivity index (χ1) is 22.7. The summed E-state index contributed by atoms with van der Waals surface area (Å²) >= 11 is 20.5. The quantitative estimate of drug-likeness (QED) is 0.146. The van der Waals surface area contributed by atoms with Gasteiger partial charge in [-0.15, -0.1) is 0 Å². The number of esters is 1. The van der Waals surface area contributed by atoms with Gasteiger partial charge in [-0.05, 0) is 68.3 Å². The van der Waals surface area contributed by atoms with Gasteiger partial charge in [-0.1, -0.05) is 83.7 Å². The lowest BCUT2D eigenvalue weighted by molar-refractivity contribution is -0.139. The molecule has 11 heteroatoms. The molecule has 0 saturated heterocycles. The lowest BCUT2D eigenvalue weighted by Crippen LogP contribution is -2.40. The van der Waals surface area contributed by atoms with Crippen LogP contribution in [0, 0.1) is 6.92 Å². The molecule has 0 radical (unpaired) electrons. The van der Waals surface area contributed by atoms with Crippen molar-refractivity contribution < 1.29 is 14.3 Å². The van der Waals surface area contributed by atoms with E-state index in [1.54, 1.807) is 42.9 Å². The molecule has 0 fully saturated rings. The number of hydrogen-bond acceptors (Lipinski definition) is 6. The minimum Gasteiger partial charge on any atom is -0.496 e. The number of fused-ring (bicyclic) bond motifs is 2. The highest BCUT2D eigenvalue weighted by Crippen LogP contribution is 2.38. The van der Waals surface area contributed by atoms with E-state index in [0.717, 1.165) is 34.1 Å². The third-order valence-electron chi connectivity index (χ3n) is 8.28. The molecule has 5 aromatic rings. The van der Waals surface area contributed by atoms with E-state index >= 15 is 0 Å². The van der Waals surface area contributed by atoms with Gasteiger partial charge in [-0.25, -0.2) is 9.79 Å². The van der Waals surface area contributed by atoms with Crippen molar-refractivity contribution in [2.75, 3.05) is 13.7 Å². The third kappa shape index (κ3) is 6.16. The number of aromatic nitrogens is 2. The molecule has 0 N–H and O–H groups in total. The van der Waals surface area contributed by atoms with Crippen molar-refractivity contribution in [2.45, 2.75) is 46.2 Å². The van der Waals surface area contributed by atoms with Crippen molar-refractivity contribution in [3.63, 3.8) is 0 Å². The molecule has 242 valence electrons. The van der Waals surface area contributed by atoms with Gasteiger partial charge in [0, 0.05) is 49.3 Å². The highest BCUT2D eigenvalue weighted by molar-refractivity contribution is 7.07. The second kappa shape index (κ2) is 13.7. The average Bonchev–Trinajstić information content (AvgIpc) is 3.50. The number of ether oxygens (including phenoxy) is 2. The summed E-state index contributed by atoms with van der Waals surface area (Å²) in [6, 6.07) is 17.9.